The molecule has 0 bridgehead atoms. The molecule has 4 aromatic rings. The van der Waals surface area contributed by atoms with Crippen LogP contribution in [0.4, 0.5) is 5.69 Å². The fourth-order valence-corrected chi connectivity index (χ4v) is 5.62. The zero-order valence-electron chi connectivity index (χ0n) is 22.2. The molecule has 1 unspecified atom stereocenters. The molecule has 4 heterocycles. The Morgan fingerprint density at radius 2 is 1.76 bits per heavy atom. The van der Waals surface area contributed by atoms with Gasteiger partial charge in [-0.3, -0.25) is 39.1 Å². The van der Waals surface area contributed by atoms with E-state index in [0.29, 0.717) is 24.7 Å². The largest absolute Gasteiger partial charge is 0.384 e. The Bertz CT molecular complexity index is 1740. The molecule has 1 atom stereocenters. The van der Waals surface area contributed by atoms with Crippen LogP contribution in [-0.2, 0) is 16.1 Å². The maximum Gasteiger partial charge on any atom is 0.264 e. The fraction of sp³-hybridized carbons (Fsp3) is 0.300. The molecular formula is C30H27N7O4. The first kappa shape index (κ1) is 25.1. The SMILES string of the molecule is O=C1CCC(N2C(=O)c3cccc(NCCCn4cc(-c5cnc6ccccc6n5)c(C5CC5)n4)c3C2=O)C(=O)N1. The van der Waals surface area contributed by atoms with Crippen LogP contribution in [0.5, 0.6) is 0 Å². The number of amides is 4. The van der Waals surface area contributed by atoms with Crippen LogP contribution in [0.2, 0.25) is 0 Å². The third-order valence-electron chi connectivity index (χ3n) is 7.83. The minimum atomic E-state index is -0.991. The number of hydrogen-bond acceptors (Lipinski definition) is 8. The van der Waals surface area contributed by atoms with Gasteiger partial charge in [-0.1, -0.05) is 18.2 Å². The highest BCUT2D eigenvalue weighted by Gasteiger charge is 2.45. The van der Waals surface area contributed by atoms with Crippen LogP contribution >= 0.6 is 0 Å². The second-order valence-corrected chi connectivity index (χ2v) is 10.7. The molecule has 1 saturated heterocycles. The van der Waals surface area contributed by atoms with Gasteiger partial charge in [0.1, 0.15) is 6.04 Å². The number of hydrogen-bond donors (Lipinski definition) is 2. The lowest BCUT2D eigenvalue weighted by Gasteiger charge is -2.27. The highest BCUT2D eigenvalue weighted by molar-refractivity contribution is 6.25. The van der Waals surface area contributed by atoms with Crippen LogP contribution in [-0.4, -0.2) is 60.9 Å². The Morgan fingerprint density at radius 3 is 2.56 bits per heavy atom. The second kappa shape index (κ2) is 9.92. The number of piperidine rings is 1. The summed E-state index contributed by atoms with van der Waals surface area (Å²) in [7, 11) is 0. The maximum absolute atomic E-state index is 13.3. The van der Waals surface area contributed by atoms with Gasteiger partial charge < -0.3 is 5.32 Å². The van der Waals surface area contributed by atoms with Crippen molar-refractivity contribution >= 4 is 40.3 Å². The normalized spacial score (nSPS) is 18.6. The van der Waals surface area contributed by atoms with Gasteiger partial charge in [-0.25, -0.2) is 4.98 Å². The summed E-state index contributed by atoms with van der Waals surface area (Å²) in [5, 5.41) is 10.4. The van der Waals surface area contributed by atoms with Gasteiger partial charge in [0.05, 0.1) is 39.7 Å². The third-order valence-corrected chi connectivity index (χ3v) is 7.83. The molecular weight excluding hydrogens is 522 g/mol. The quantitative estimate of drug-likeness (QED) is 0.252. The molecule has 2 aromatic heterocycles. The molecule has 206 valence electrons. The van der Waals surface area contributed by atoms with Crippen LogP contribution in [0.3, 0.4) is 0 Å². The Kier molecular flexibility index (Phi) is 6.06. The molecule has 3 aliphatic rings. The van der Waals surface area contributed by atoms with Crippen molar-refractivity contribution in [3.8, 4) is 11.3 Å². The Hall–Kier alpha value is -4.93. The number of fused-ring (bicyclic) bond motifs is 2. The Balaban J connectivity index is 1.04. The lowest BCUT2D eigenvalue weighted by molar-refractivity contribution is -0.136. The van der Waals surface area contributed by atoms with E-state index in [4.69, 9.17) is 10.1 Å². The van der Waals surface area contributed by atoms with Crippen molar-refractivity contribution in [2.45, 2.75) is 50.6 Å². The van der Waals surface area contributed by atoms with E-state index in [9.17, 15) is 19.2 Å². The molecule has 41 heavy (non-hydrogen) atoms. The Labute approximate surface area is 235 Å². The molecule has 2 aromatic carbocycles. The van der Waals surface area contributed by atoms with Crippen molar-refractivity contribution < 1.29 is 19.2 Å². The summed E-state index contributed by atoms with van der Waals surface area (Å²) in [6.45, 7) is 1.19. The molecule has 7 rings (SSSR count). The van der Waals surface area contributed by atoms with E-state index in [0.717, 1.165) is 52.1 Å². The predicted octanol–water partition coefficient (Wildman–Crippen LogP) is 3.27. The van der Waals surface area contributed by atoms with E-state index < -0.39 is 29.7 Å². The minimum Gasteiger partial charge on any atom is -0.384 e. The van der Waals surface area contributed by atoms with E-state index in [1.807, 2.05) is 41.3 Å². The highest BCUT2D eigenvalue weighted by Crippen LogP contribution is 2.43. The summed E-state index contributed by atoms with van der Waals surface area (Å²) < 4.78 is 1.94. The van der Waals surface area contributed by atoms with Gasteiger partial charge in [0.2, 0.25) is 11.8 Å². The average Bonchev–Trinajstić information content (AvgIpc) is 3.69. The maximum atomic E-state index is 13.3. The molecule has 2 aliphatic heterocycles. The molecule has 11 heteroatoms. The smallest absolute Gasteiger partial charge is 0.264 e. The summed E-state index contributed by atoms with van der Waals surface area (Å²) in [5.41, 5.74) is 5.65. The van der Waals surface area contributed by atoms with E-state index >= 15 is 0 Å². The summed E-state index contributed by atoms with van der Waals surface area (Å²) in [4.78, 5) is 60.7. The first-order chi connectivity index (χ1) is 20.0. The van der Waals surface area contributed by atoms with Gasteiger partial charge in [0, 0.05) is 42.9 Å². The number of para-hydroxylation sites is 2. The van der Waals surface area contributed by atoms with Gasteiger partial charge in [0.15, 0.2) is 0 Å². The summed E-state index contributed by atoms with van der Waals surface area (Å²) >= 11 is 0. The number of imide groups is 2. The average molecular weight is 550 g/mol. The number of nitrogens with one attached hydrogen (secondary N) is 2. The van der Waals surface area contributed by atoms with Crippen LogP contribution < -0.4 is 10.6 Å². The zero-order chi connectivity index (χ0) is 28.1. The number of nitrogens with zero attached hydrogens (tertiary/aromatic N) is 5. The van der Waals surface area contributed by atoms with Gasteiger partial charge >= 0.3 is 0 Å². The number of benzene rings is 2. The van der Waals surface area contributed by atoms with E-state index in [1.165, 1.54) is 0 Å². The molecule has 11 nitrogen and oxygen atoms in total. The number of carbonyl (C=O) groups is 4. The first-order valence-electron chi connectivity index (χ1n) is 13.9. The lowest BCUT2D eigenvalue weighted by atomic mass is 10.0. The van der Waals surface area contributed by atoms with Crippen molar-refractivity contribution in [1.82, 2.24) is 30.0 Å². The zero-order valence-corrected chi connectivity index (χ0v) is 22.2. The van der Waals surface area contributed by atoms with Crippen LogP contribution in [0.15, 0.2) is 54.9 Å². The second-order valence-electron chi connectivity index (χ2n) is 10.7. The van der Waals surface area contributed by atoms with Crippen molar-refractivity contribution in [3.63, 3.8) is 0 Å². The number of rotatable bonds is 8. The van der Waals surface area contributed by atoms with Gasteiger partial charge in [0.25, 0.3) is 11.8 Å². The van der Waals surface area contributed by atoms with Crippen molar-refractivity contribution in [2.24, 2.45) is 0 Å². The minimum absolute atomic E-state index is 0.0833. The summed E-state index contributed by atoms with van der Waals surface area (Å²) in [6.07, 6.45) is 7.01. The fourth-order valence-electron chi connectivity index (χ4n) is 5.62. The number of carbonyl (C=O) groups excluding carboxylic acids is 4. The number of aromatic nitrogens is 4. The molecule has 2 N–H and O–H groups in total. The van der Waals surface area contributed by atoms with E-state index in [-0.39, 0.29) is 24.0 Å². The van der Waals surface area contributed by atoms with Crippen LogP contribution in [0.1, 0.15) is 64.4 Å². The molecule has 0 radical (unpaired) electrons. The van der Waals surface area contributed by atoms with Gasteiger partial charge in [-0.05, 0) is 49.9 Å². The lowest BCUT2D eigenvalue weighted by Crippen LogP contribution is -2.54. The third kappa shape index (κ3) is 4.52. The number of aryl methyl sites for hydroxylation is 1. The molecule has 0 spiro atoms. The Morgan fingerprint density at radius 1 is 0.927 bits per heavy atom. The molecule has 4 amide bonds. The predicted molar refractivity (Wildman–Crippen MR) is 149 cm³/mol. The first-order valence-corrected chi connectivity index (χ1v) is 13.9. The van der Waals surface area contributed by atoms with E-state index in [1.54, 1.807) is 18.2 Å². The summed E-state index contributed by atoms with van der Waals surface area (Å²) in [6, 6.07) is 11.9. The topological polar surface area (TPSA) is 139 Å². The number of anilines is 1. The highest BCUT2D eigenvalue weighted by atomic mass is 16.2. The van der Waals surface area contributed by atoms with Crippen molar-refractivity contribution in [3.05, 3.63) is 71.7 Å². The molecule has 1 saturated carbocycles. The summed E-state index contributed by atoms with van der Waals surface area (Å²) in [5.74, 6) is -1.62. The monoisotopic (exact) mass is 549 g/mol. The van der Waals surface area contributed by atoms with E-state index in [2.05, 4.69) is 15.6 Å². The standard InChI is InChI=1S/C30H27N7O4/c38-25-12-11-24(28(39)34-25)37-29(40)18-5-3-8-22(26(18)30(37)41)31-13-4-14-36-16-19(27(35-36)17-9-10-17)23-15-32-20-6-1-2-7-21(20)33-23/h1-3,5-8,15-17,24,31H,4,9-14H2,(H,34,38,39). The van der Waals surface area contributed by atoms with Crippen LogP contribution in [0.25, 0.3) is 22.3 Å². The van der Waals surface area contributed by atoms with Crippen LogP contribution in [0, 0.1) is 0 Å². The van der Waals surface area contributed by atoms with Crippen molar-refractivity contribution in [2.75, 3.05) is 11.9 Å². The molecule has 2 fully saturated rings. The van der Waals surface area contributed by atoms with Gasteiger partial charge in [-0.15, -0.1) is 0 Å². The molecule has 1 aliphatic carbocycles. The van der Waals surface area contributed by atoms with Crippen molar-refractivity contribution in [1.29, 1.82) is 0 Å². The van der Waals surface area contributed by atoms with Gasteiger partial charge in [-0.2, -0.15) is 5.10 Å².